The first-order valence-corrected chi connectivity index (χ1v) is 5.86. The van der Waals surface area contributed by atoms with Crippen LogP contribution in [0.4, 0.5) is 0 Å². The molecule has 4 nitrogen and oxygen atoms in total. The van der Waals surface area contributed by atoms with Crippen molar-refractivity contribution < 1.29 is 4.79 Å². The summed E-state index contributed by atoms with van der Waals surface area (Å²) < 4.78 is 0. The summed E-state index contributed by atoms with van der Waals surface area (Å²) >= 11 is 4.81. The predicted octanol–water partition coefficient (Wildman–Crippen LogP) is 0.265. The Labute approximate surface area is 96.2 Å². The van der Waals surface area contributed by atoms with Crippen molar-refractivity contribution in [3.63, 3.8) is 0 Å². The quantitative estimate of drug-likeness (QED) is 0.524. The molecule has 0 aromatic rings. The van der Waals surface area contributed by atoms with Crippen molar-refractivity contribution in [3.8, 4) is 0 Å². The molecule has 3 N–H and O–H groups in total. The van der Waals surface area contributed by atoms with E-state index in [9.17, 15) is 4.79 Å². The molecule has 5 heteroatoms. The van der Waals surface area contributed by atoms with E-state index in [4.69, 9.17) is 18.0 Å². The lowest BCUT2D eigenvalue weighted by atomic mass is 10.2. The van der Waals surface area contributed by atoms with Crippen LogP contribution in [0.1, 0.15) is 25.7 Å². The van der Waals surface area contributed by atoms with Crippen molar-refractivity contribution in [2.75, 3.05) is 26.2 Å². The summed E-state index contributed by atoms with van der Waals surface area (Å²) in [5, 5.41) is 2.86. The van der Waals surface area contributed by atoms with Crippen LogP contribution in [-0.4, -0.2) is 42.0 Å². The predicted molar refractivity (Wildman–Crippen MR) is 64.7 cm³/mol. The molecule has 1 saturated heterocycles. The fourth-order valence-corrected chi connectivity index (χ4v) is 1.84. The summed E-state index contributed by atoms with van der Waals surface area (Å²) in [7, 11) is 0. The molecule has 0 unspecified atom stereocenters. The van der Waals surface area contributed by atoms with Gasteiger partial charge in [-0.15, -0.1) is 0 Å². The number of unbranched alkanes of at least 4 members (excludes halogenated alkanes) is 1. The number of amides is 1. The van der Waals surface area contributed by atoms with Gasteiger partial charge in [-0.3, -0.25) is 9.69 Å². The average Bonchev–Trinajstić information content (AvgIpc) is 2.37. The van der Waals surface area contributed by atoms with E-state index in [1.807, 2.05) is 0 Å². The van der Waals surface area contributed by atoms with E-state index in [1.165, 1.54) is 0 Å². The minimum absolute atomic E-state index is 0.141. The maximum absolute atomic E-state index is 11.2. The molecule has 1 heterocycles. The van der Waals surface area contributed by atoms with Crippen LogP contribution in [-0.2, 0) is 4.79 Å². The molecule has 1 aliphatic rings. The zero-order chi connectivity index (χ0) is 11.1. The van der Waals surface area contributed by atoms with Crippen LogP contribution in [0.2, 0.25) is 0 Å². The van der Waals surface area contributed by atoms with Gasteiger partial charge in [0.1, 0.15) is 0 Å². The van der Waals surface area contributed by atoms with Gasteiger partial charge in [-0.2, -0.15) is 0 Å². The van der Waals surface area contributed by atoms with Gasteiger partial charge in [0.2, 0.25) is 5.91 Å². The topological polar surface area (TPSA) is 58.4 Å². The van der Waals surface area contributed by atoms with Crippen molar-refractivity contribution in [1.82, 2.24) is 10.2 Å². The molecule has 0 saturated carbocycles. The van der Waals surface area contributed by atoms with E-state index in [1.54, 1.807) is 0 Å². The number of nitrogens with one attached hydrogen (secondary N) is 1. The standard InChI is InChI=1S/C10H19N3OS/c11-9(15)4-1-2-6-13-7-3-5-12-10(14)8-13/h1-8H2,(H2,11,15)(H,12,14). The zero-order valence-corrected chi connectivity index (χ0v) is 9.81. The third kappa shape index (κ3) is 5.69. The second-order valence-corrected chi connectivity index (χ2v) is 4.43. The summed E-state index contributed by atoms with van der Waals surface area (Å²) in [6.07, 6.45) is 3.94. The van der Waals surface area contributed by atoms with Crippen LogP contribution in [0.15, 0.2) is 0 Å². The molecule has 0 aromatic heterocycles. The monoisotopic (exact) mass is 229 g/mol. The van der Waals surface area contributed by atoms with Gasteiger partial charge in [0.05, 0.1) is 11.5 Å². The largest absolute Gasteiger partial charge is 0.393 e. The molecular formula is C10H19N3OS. The number of hydrogen-bond acceptors (Lipinski definition) is 3. The van der Waals surface area contributed by atoms with Gasteiger partial charge in [0, 0.05) is 13.1 Å². The first kappa shape index (κ1) is 12.4. The van der Waals surface area contributed by atoms with Crippen LogP contribution in [0.25, 0.3) is 0 Å². The van der Waals surface area contributed by atoms with Crippen LogP contribution in [0, 0.1) is 0 Å². The van der Waals surface area contributed by atoms with E-state index in [0.29, 0.717) is 11.5 Å². The van der Waals surface area contributed by atoms with E-state index in [2.05, 4.69) is 10.2 Å². The second kappa shape index (κ2) is 6.74. The van der Waals surface area contributed by atoms with E-state index in [-0.39, 0.29) is 5.91 Å². The second-order valence-electron chi connectivity index (χ2n) is 3.90. The molecule has 86 valence electrons. The number of carbonyl (C=O) groups is 1. The molecule has 0 aliphatic carbocycles. The molecule has 1 rings (SSSR count). The number of nitrogens with zero attached hydrogens (tertiary/aromatic N) is 1. The highest BCUT2D eigenvalue weighted by atomic mass is 32.1. The van der Waals surface area contributed by atoms with Crippen molar-refractivity contribution in [1.29, 1.82) is 0 Å². The van der Waals surface area contributed by atoms with Gasteiger partial charge in [0.25, 0.3) is 0 Å². The van der Waals surface area contributed by atoms with Gasteiger partial charge in [0.15, 0.2) is 0 Å². The number of carbonyl (C=O) groups excluding carboxylic acids is 1. The molecule has 0 bridgehead atoms. The van der Waals surface area contributed by atoms with Crippen molar-refractivity contribution in [3.05, 3.63) is 0 Å². The molecule has 0 spiro atoms. The normalized spacial score (nSPS) is 18.3. The Morgan fingerprint density at radius 2 is 2.33 bits per heavy atom. The molecule has 1 aliphatic heterocycles. The van der Waals surface area contributed by atoms with Crippen LogP contribution >= 0.6 is 12.2 Å². The highest BCUT2D eigenvalue weighted by Crippen LogP contribution is 2.01. The smallest absolute Gasteiger partial charge is 0.234 e. The first-order valence-electron chi connectivity index (χ1n) is 5.46. The minimum atomic E-state index is 0.141. The summed E-state index contributed by atoms with van der Waals surface area (Å²) in [5.41, 5.74) is 5.41. The molecule has 0 aromatic carbocycles. The Hall–Kier alpha value is -0.680. The van der Waals surface area contributed by atoms with Crippen molar-refractivity contribution in [2.24, 2.45) is 5.73 Å². The molecule has 1 amide bonds. The maximum Gasteiger partial charge on any atom is 0.234 e. The lowest BCUT2D eigenvalue weighted by Crippen LogP contribution is -2.33. The number of hydrogen-bond donors (Lipinski definition) is 2. The SMILES string of the molecule is NC(=S)CCCCN1CCCNC(=O)C1. The number of nitrogens with two attached hydrogens (primary N) is 1. The maximum atomic E-state index is 11.2. The highest BCUT2D eigenvalue weighted by Gasteiger charge is 2.13. The van der Waals surface area contributed by atoms with Crippen LogP contribution in [0.3, 0.4) is 0 Å². The Balaban J connectivity index is 2.13. The fourth-order valence-electron chi connectivity index (χ4n) is 1.69. The van der Waals surface area contributed by atoms with E-state index in [0.717, 1.165) is 45.3 Å². The lowest BCUT2D eigenvalue weighted by Gasteiger charge is -2.17. The van der Waals surface area contributed by atoms with Crippen molar-refractivity contribution >= 4 is 23.1 Å². The fraction of sp³-hybridized carbons (Fsp3) is 0.800. The summed E-state index contributed by atoms with van der Waals surface area (Å²) in [4.78, 5) is 14.0. The van der Waals surface area contributed by atoms with Gasteiger partial charge >= 0.3 is 0 Å². The average molecular weight is 229 g/mol. The Morgan fingerprint density at radius 1 is 1.53 bits per heavy atom. The Bertz CT molecular complexity index is 233. The first-order chi connectivity index (χ1) is 7.18. The van der Waals surface area contributed by atoms with E-state index >= 15 is 0 Å². The Morgan fingerprint density at radius 3 is 3.07 bits per heavy atom. The number of rotatable bonds is 5. The summed E-state index contributed by atoms with van der Waals surface area (Å²) in [6, 6.07) is 0. The summed E-state index contributed by atoms with van der Waals surface area (Å²) in [6.45, 7) is 3.32. The summed E-state index contributed by atoms with van der Waals surface area (Å²) in [5.74, 6) is 0.141. The van der Waals surface area contributed by atoms with Crippen molar-refractivity contribution in [2.45, 2.75) is 25.7 Å². The Kier molecular flexibility index (Phi) is 5.57. The van der Waals surface area contributed by atoms with E-state index < -0.39 is 0 Å². The molecular weight excluding hydrogens is 210 g/mol. The van der Waals surface area contributed by atoms with Crippen LogP contribution < -0.4 is 11.1 Å². The third-order valence-electron chi connectivity index (χ3n) is 2.49. The lowest BCUT2D eigenvalue weighted by molar-refractivity contribution is -0.121. The van der Waals surface area contributed by atoms with Gasteiger partial charge in [-0.05, 0) is 32.2 Å². The molecule has 1 fully saturated rings. The zero-order valence-electron chi connectivity index (χ0n) is 9.00. The van der Waals surface area contributed by atoms with Crippen LogP contribution in [0.5, 0.6) is 0 Å². The minimum Gasteiger partial charge on any atom is -0.393 e. The molecule has 0 radical (unpaired) electrons. The third-order valence-corrected chi connectivity index (χ3v) is 2.69. The van der Waals surface area contributed by atoms with Gasteiger partial charge in [-0.1, -0.05) is 12.2 Å². The number of thiocarbonyl (C=S) groups is 1. The molecule has 0 atom stereocenters. The highest BCUT2D eigenvalue weighted by molar-refractivity contribution is 7.80. The van der Waals surface area contributed by atoms with Gasteiger partial charge < -0.3 is 11.1 Å². The van der Waals surface area contributed by atoms with Gasteiger partial charge in [-0.25, -0.2) is 0 Å². The molecule has 15 heavy (non-hydrogen) atoms.